The summed E-state index contributed by atoms with van der Waals surface area (Å²) in [5, 5.41) is 7.69. The van der Waals surface area contributed by atoms with E-state index in [1.807, 2.05) is 50.0 Å². The Hall–Kier alpha value is -2.30. The van der Waals surface area contributed by atoms with Gasteiger partial charge in [-0.25, -0.2) is 4.98 Å². The van der Waals surface area contributed by atoms with Gasteiger partial charge in [-0.1, -0.05) is 11.6 Å². The number of nitrogens with zero attached hydrogens (tertiary/aromatic N) is 3. The Labute approximate surface area is 113 Å². The molecule has 2 rings (SSSR count). The van der Waals surface area contributed by atoms with Crippen LogP contribution >= 0.6 is 0 Å². The molecule has 0 aliphatic rings. The zero-order valence-corrected chi connectivity index (χ0v) is 11.5. The SMILES string of the molecule is Cc1ccc(N(C)Cc2nccn2C)c(C(=N)N)c1. The number of nitrogens with two attached hydrogens (primary N) is 1. The van der Waals surface area contributed by atoms with Crippen LogP contribution in [0.1, 0.15) is 17.0 Å². The summed E-state index contributed by atoms with van der Waals surface area (Å²) in [7, 11) is 3.95. The highest BCUT2D eigenvalue weighted by molar-refractivity contribution is 6.00. The molecule has 0 bridgehead atoms. The van der Waals surface area contributed by atoms with Crippen molar-refractivity contribution in [3.8, 4) is 0 Å². The minimum absolute atomic E-state index is 0.0883. The molecule has 0 radical (unpaired) electrons. The monoisotopic (exact) mass is 257 g/mol. The van der Waals surface area contributed by atoms with E-state index in [0.29, 0.717) is 6.54 Å². The number of hydrogen-bond donors (Lipinski definition) is 2. The summed E-state index contributed by atoms with van der Waals surface area (Å²) in [5.41, 5.74) is 8.46. The Morgan fingerprint density at radius 2 is 2.21 bits per heavy atom. The zero-order valence-electron chi connectivity index (χ0n) is 11.5. The van der Waals surface area contributed by atoms with Gasteiger partial charge in [0.2, 0.25) is 0 Å². The highest BCUT2D eigenvalue weighted by Gasteiger charge is 2.12. The average molecular weight is 257 g/mol. The first-order valence-electron chi connectivity index (χ1n) is 6.11. The van der Waals surface area contributed by atoms with E-state index in [1.54, 1.807) is 6.20 Å². The van der Waals surface area contributed by atoms with Crippen molar-refractivity contribution in [2.75, 3.05) is 11.9 Å². The van der Waals surface area contributed by atoms with Crippen LogP contribution in [0.25, 0.3) is 0 Å². The van der Waals surface area contributed by atoms with Gasteiger partial charge in [0, 0.05) is 37.7 Å². The Bertz CT molecular complexity index is 600. The van der Waals surface area contributed by atoms with Crippen LogP contribution in [0, 0.1) is 12.3 Å². The normalized spacial score (nSPS) is 10.5. The maximum atomic E-state index is 7.69. The maximum absolute atomic E-state index is 7.69. The Balaban J connectivity index is 2.31. The molecule has 100 valence electrons. The molecule has 0 atom stereocenters. The summed E-state index contributed by atoms with van der Waals surface area (Å²) in [6.45, 7) is 2.67. The number of amidine groups is 1. The molecule has 1 aromatic carbocycles. The second-order valence-corrected chi connectivity index (χ2v) is 4.74. The number of rotatable bonds is 4. The number of benzene rings is 1. The lowest BCUT2D eigenvalue weighted by molar-refractivity contribution is 0.761. The standard InChI is InChI=1S/C14H19N5/c1-10-4-5-12(11(8-10)14(15)16)19(3)9-13-17-6-7-18(13)2/h4-8H,9H2,1-3H3,(H3,15,16). The first-order valence-corrected chi connectivity index (χ1v) is 6.11. The summed E-state index contributed by atoms with van der Waals surface area (Å²) < 4.78 is 1.98. The smallest absolute Gasteiger partial charge is 0.127 e. The van der Waals surface area contributed by atoms with Crippen molar-refractivity contribution in [2.45, 2.75) is 13.5 Å². The van der Waals surface area contributed by atoms with Gasteiger partial charge in [-0.3, -0.25) is 5.41 Å². The molecule has 2 aromatic rings. The second kappa shape index (κ2) is 5.14. The van der Waals surface area contributed by atoms with E-state index in [0.717, 1.165) is 22.6 Å². The summed E-state index contributed by atoms with van der Waals surface area (Å²) >= 11 is 0. The van der Waals surface area contributed by atoms with Gasteiger partial charge in [-0.2, -0.15) is 0 Å². The molecule has 0 spiro atoms. The predicted molar refractivity (Wildman–Crippen MR) is 77.5 cm³/mol. The molecule has 0 amide bonds. The van der Waals surface area contributed by atoms with Gasteiger partial charge in [0.05, 0.1) is 6.54 Å². The number of anilines is 1. The van der Waals surface area contributed by atoms with Gasteiger partial charge in [0.15, 0.2) is 0 Å². The first kappa shape index (κ1) is 13.1. The van der Waals surface area contributed by atoms with Crippen LogP contribution in [0.4, 0.5) is 5.69 Å². The van der Waals surface area contributed by atoms with Crippen LogP contribution in [-0.2, 0) is 13.6 Å². The lowest BCUT2D eigenvalue weighted by Gasteiger charge is -2.22. The second-order valence-electron chi connectivity index (χ2n) is 4.74. The molecule has 1 heterocycles. The van der Waals surface area contributed by atoms with E-state index >= 15 is 0 Å². The molecule has 1 aromatic heterocycles. The minimum Gasteiger partial charge on any atom is -0.384 e. The number of aromatic nitrogens is 2. The van der Waals surface area contributed by atoms with Crippen molar-refractivity contribution >= 4 is 11.5 Å². The van der Waals surface area contributed by atoms with Crippen molar-refractivity contribution in [3.63, 3.8) is 0 Å². The van der Waals surface area contributed by atoms with Gasteiger partial charge in [0.1, 0.15) is 11.7 Å². The average Bonchev–Trinajstić information content (AvgIpc) is 2.74. The topological polar surface area (TPSA) is 70.9 Å². The lowest BCUT2D eigenvalue weighted by atomic mass is 10.1. The van der Waals surface area contributed by atoms with Crippen molar-refractivity contribution in [1.29, 1.82) is 5.41 Å². The largest absolute Gasteiger partial charge is 0.384 e. The van der Waals surface area contributed by atoms with Crippen molar-refractivity contribution in [3.05, 3.63) is 47.5 Å². The minimum atomic E-state index is 0.0883. The predicted octanol–water partition coefficient (Wildman–Crippen LogP) is 1.65. The van der Waals surface area contributed by atoms with Crippen LogP contribution in [0.3, 0.4) is 0 Å². The third kappa shape index (κ3) is 2.76. The number of nitrogen functional groups attached to an aromatic ring is 1. The van der Waals surface area contributed by atoms with E-state index in [9.17, 15) is 0 Å². The molecule has 0 saturated heterocycles. The van der Waals surface area contributed by atoms with Crippen molar-refractivity contribution in [1.82, 2.24) is 9.55 Å². The van der Waals surface area contributed by atoms with Crippen LogP contribution in [-0.4, -0.2) is 22.4 Å². The van der Waals surface area contributed by atoms with Gasteiger partial charge >= 0.3 is 0 Å². The fraction of sp³-hybridized carbons (Fsp3) is 0.286. The number of hydrogen-bond acceptors (Lipinski definition) is 3. The molecular formula is C14H19N5. The highest BCUT2D eigenvalue weighted by Crippen LogP contribution is 2.21. The third-order valence-electron chi connectivity index (χ3n) is 3.15. The van der Waals surface area contributed by atoms with E-state index in [-0.39, 0.29) is 5.84 Å². The molecule has 0 aliphatic heterocycles. The van der Waals surface area contributed by atoms with E-state index in [4.69, 9.17) is 11.1 Å². The highest BCUT2D eigenvalue weighted by atomic mass is 15.2. The number of nitrogens with one attached hydrogen (secondary N) is 1. The third-order valence-corrected chi connectivity index (χ3v) is 3.15. The van der Waals surface area contributed by atoms with Crippen LogP contribution in [0.15, 0.2) is 30.6 Å². The number of aryl methyl sites for hydroxylation is 2. The quantitative estimate of drug-likeness (QED) is 0.646. The van der Waals surface area contributed by atoms with Crippen molar-refractivity contribution < 1.29 is 0 Å². The van der Waals surface area contributed by atoms with E-state index in [2.05, 4.69) is 9.88 Å². The van der Waals surface area contributed by atoms with E-state index < -0.39 is 0 Å². The van der Waals surface area contributed by atoms with Crippen LogP contribution in [0.2, 0.25) is 0 Å². The molecule has 5 nitrogen and oxygen atoms in total. The molecule has 3 N–H and O–H groups in total. The Morgan fingerprint density at radius 1 is 1.47 bits per heavy atom. The summed E-state index contributed by atoms with van der Waals surface area (Å²) in [6, 6.07) is 5.96. The lowest BCUT2D eigenvalue weighted by Crippen LogP contribution is -2.23. The summed E-state index contributed by atoms with van der Waals surface area (Å²) in [5.74, 6) is 1.06. The Morgan fingerprint density at radius 3 is 2.79 bits per heavy atom. The van der Waals surface area contributed by atoms with Crippen molar-refractivity contribution in [2.24, 2.45) is 12.8 Å². The van der Waals surface area contributed by atoms with Crippen LogP contribution in [0.5, 0.6) is 0 Å². The summed E-state index contributed by atoms with van der Waals surface area (Å²) in [6.07, 6.45) is 3.70. The zero-order chi connectivity index (χ0) is 14.0. The fourth-order valence-electron chi connectivity index (χ4n) is 2.04. The fourth-order valence-corrected chi connectivity index (χ4v) is 2.04. The van der Waals surface area contributed by atoms with Gasteiger partial charge in [-0.05, 0) is 19.1 Å². The molecule has 19 heavy (non-hydrogen) atoms. The van der Waals surface area contributed by atoms with E-state index in [1.165, 1.54) is 0 Å². The summed E-state index contributed by atoms with van der Waals surface area (Å²) in [4.78, 5) is 6.36. The van der Waals surface area contributed by atoms with Gasteiger partial charge in [-0.15, -0.1) is 0 Å². The van der Waals surface area contributed by atoms with Gasteiger partial charge in [0.25, 0.3) is 0 Å². The van der Waals surface area contributed by atoms with Crippen LogP contribution < -0.4 is 10.6 Å². The molecular weight excluding hydrogens is 238 g/mol. The first-order chi connectivity index (χ1) is 8.99. The Kier molecular flexibility index (Phi) is 3.55. The molecule has 0 aliphatic carbocycles. The molecule has 0 unspecified atom stereocenters. The molecule has 0 saturated carbocycles. The van der Waals surface area contributed by atoms with Gasteiger partial charge < -0.3 is 15.2 Å². The molecule has 0 fully saturated rings. The number of imidazole rings is 1. The maximum Gasteiger partial charge on any atom is 0.127 e. The molecule has 5 heteroatoms.